The van der Waals surface area contributed by atoms with Crippen LogP contribution in [0.2, 0.25) is 0 Å². The number of ether oxygens (including phenoxy) is 2. The average molecular weight is 246 g/mol. The zero-order chi connectivity index (χ0) is 12.7. The van der Waals surface area contributed by atoms with Gasteiger partial charge in [0.25, 0.3) is 0 Å². The lowest BCUT2D eigenvalue weighted by atomic mass is 10.2. The second-order valence-electron chi connectivity index (χ2n) is 3.77. The van der Waals surface area contributed by atoms with Gasteiger partial charge in [-0.1, -0.05) is 0 Å². The summed E-state index contributed by atoms with van der Waals surface area (Å²) in [6, 6.07) is -0.912. The molecule has 1 saturated heterocycles. The van der Waals surface area contributed by atoms with E-state index in [9.17, 15) is 9.59 Å². The van der Waals surface area contributed by atoms with Crippen molar-refractivity contribution < 1.29 is 24.2 Å². The van der Waals surface area contributed by atoms with Crippen LogP contribution in [0.3, 0.4) is 0 Å². The van der Waals surface area contributed by atoms with Gasteiger partial charge < -0.3 is 19.9 Å². The first-order chi connectivity index (χ1) is 8.13. The summed E-state index contributed by atoms with van der Waals surface area (Å²) in [6.45, 7) is 3.55. The topological polar surface area (TPSA) is 88.1 Å². The summed E-state index contributed by atoms with van der Waals surface area (Å²) in [5.41, 5.74) is 0. The largest absolute Gasteiger partial charge is 0.480 e. The summed E-state index contributed by atoms with van der Waals surface area (Å²) in [7, 11) is 1.20. The Balaban J connectivity index is 2.32. The van der Waals surface area contributed by atoms with E-state index >= 15 is 0 Å². The number of carbonyl (C=O) groups excluding carboxylic acids is 1. The number of carboxylic acids is 1. The van der Waals surface area contributed by atoms with Gasteiger partial charge in [-0.25, -0.2) is 9.59 Å². The quantitative estimate of drug-likeness (QED) is 0.681. The van der Waals surface area contributed by atoms with E-state index in [1.165, 1.54) is 7.11 Å². The summed E-state index contributed by atoms with van der Waals surface area (Å²) < 4.78 is 9.56. The van der Waals surface area contributed by atoms with Crippen LogP contribution in [0.15, 0.2) is 0 Å². The number of amides is 1. The maximum atomic E-state index is 10.9. The minimum atomic E-state index is -1.05. The van der Waals surface area contributed by atoms with Crippen molar-refractivity contribution in [3.63, 3.8) is 0 Å². The van der Waals surface area contributed by atoms with Crippen LogP contribution in [0.1, 0.15) is 6.42 Å². The van der Waals surface area contributed by atoms with Gasteiger partial charge in [-0.2, -0.15) is 0 Å². The van der Waals surface area contributed by atoms with Gasteiger partial charge in [-0.15, -0.1) is 0 Å². The van der Waals surface area contributed by atoms with Gasteiger partial charge >= 0.3 is 12.1 Å². The van der Waals surface area contributed by atoms with Crippen molar-refractivity contribution in [2.45, 2.75) is 12.5 Å². The summed E-state index contributed by atoms with van der Waals surface area (Å²) in [6.07, 6.45) is -0.371. The minimum absolute atomic E-state index is 0.352. The number of methoxy groups -OCH3 is 1. The molecule has 0 unspecified atom stereocenters. The van der Waals surface area contributed by atoms with Crippen molar-refractivity contribution in [2.24, 2.45) is 0 Å². The Bertz CT molecular complexity index is 265. The first kappa shape index (κ1) is 13.7. The Kier molecular flexibility index (Phi) is 5.71. The van der Waals surface area contributed by atoms with Crippen molar-refractivity contribution in [2.75, 3.05) is 40.0 Å². The molecule has 0 aromatic rings. The molecule has 0 spiro atoms. The minimum Gasteiger partial charge on any atom is -0.480 e. The molecule has 7 heteroatoms. The molecule has 0 aliphatic carbocycles. The van der Waals surface area contributed by atoms with Gasteiger partial charge in [0.05, 0.1) is 20.3 Å². The molecule has 0 aromatic carbocycles. The van der Waals surface area contributed by atoms with E-state index in [2.05, 4.69) is 15.0 Å². The number of aliphatic carboxylic acids is 1. The highest BCUT2D eigenvalue weighted by atomic mass is 16.5. The van der Waals surface area contributed by atoms with Crippen LogP contribution in [0, 0.1) is 0 Å². The van der Waals surface area contributed by atoms with Gasteiger partial charge in [0.15, 0.2) is 0 Å². The third kappa shape index (κ3) is 5.01. The van der Waals surface area contributed by atoms with Crippen molar-refractivity contribution >= 4 is 12.1 Å². The number of morpholine rings is 1. The second-order valence-corrected chi connectivity index (χ2v) is 3.77. The first-order valence-corrected chi connectivity index (χ1v) is 5.51. The summed E-state index contributed by atoms with van der Waals surface area (Å²) in [5, 5.41) is 11.2. The maximum absolute atomic E-state index is 10.9. The number of rotatable bonds is 5. The standard InChI is InChI=1S/C10H18N2O5/c1-16-10(15)11-8(9(13)14)2-3-12-4-6-17-7-5-12/h8H,2-7H2,1H3,(H,11,15)(H,13,14)/t8-/m0/s1. The Morgan fingerprint density at radius 1 is 1.47 bits per heavy atom. The first-order valence-electron chi connectivity index (χ1n) is 5.51. The highest BCUT2D eigenvalue weighted by Crippen LogP contribution is 2.01. The van der Waals surface area contributed by atoms with Crippen molar-refractivity contribution in [3.05, 3.63) is 0 Å². The van der Waals surface area contributed by atoms with E-state index < -0.39 is 18.1 Å². The van der Waals surface area contributed by atoms with Gasteiger partial charge in [-0.05, 0) is 6.42 Å². The number of carboxylic acid groups (broad SMARTS) is 1. The number of carbonyl (C=O) groups is 2. The number of hydrogen-bond acceptors (Lipinski definition) is 5. The maximum Gasteiger partial charge on any atom is 0.407 e. The average Bonchev–Trinajstić information content (AvgIpc) is 2.35. The predicted molar refractivity (Wildman–Crippen MR) is 58.8 cm³/mol. The van der Waals surface area contributed by atoms with Crippen LogP contribution in [0.4, 0.5) is 4.79 Å². The Morgan fingerprint density at radius 3 is 2.65 bits per heavy atom. The molecule has 1 aliphatic rings. The molecule has 0 radical (unpaired) electrons. The number of nitrogens with one attached hydrogen (secondary N) is 1. The molecular weight excluding hydrogens is 228 g/mol. The molecule has 1 atom stereocenters. The molecule has 1 heterocycles. The van der Waals surface area contributed by atoms with Crippen LogP contribution in [0.5, 0.6) is 0 Å². The van der Waals surface area contributed by atoms with Crippen molar-refractivity contribution in [3.8, 4) is 0 Å². The van der Waals surface area contributed by atoms with E-state index in [1.807, 2.05) is 0 Å². The van der Waals surface area contributed by atoms with Crippen LogP contribution >= 0.6 is 0 Å². The number of nitrogens with zero attached hydrogens (tertiary/aromatic N) is 1. The molecule has 0 aromatic heterocycles. The monoisotopic (exact) mass is 246 g/mol. The molecule has 1 aliphatic heterocycles. The Morgan fingerprint density at radius 2 is 2.12 bits per heavy atom. The van der Waals surface area contributed by atoms with E-state index in [0.29, 0.717) is 26.2 Å². The van der Waals surface area contributed by atoms with E-state index in [1.54, 1.807) is 0 Å². The van der Waals surface area contributed by atoms with Gasteiger partial charge in [-0.3, -0.25) is 4.90 Å². The summed E-state index contributed by atoms with van der Waals surface area (Å²) in [5.74, 6) is -1.05. The highest BCUT2D eigenvalue weighted by Gasteiger charge is 2.21. The zero-order valence-corrected chi connectivity index (χ0v) is 9.85. The van der Waals surface area contributed by atoms with Gasteiger partial charge in [0.1, 0.15) is 6.04 Å². The molecule has 1 fully saturated rings. The van der Waals surface area contributed by atoms with E-state index in [4.69, 9.17) is 9.84 Å². The molecule has 1 rings (SSSR count). The van der Waals surface area contributed by atoms with Crippen LogP contribution in [0.25, 0.3) is 0 Å². The molecule has 7 nitrogen and oxygen atoms in total. The molecule has 17 heavy (non-hydrogen) atoms. The second kappa shape index (κ2) is 7.08. The predicted octanol–water partition coefficient (Wildman–Crippen LogP) is -0.482. The van der Waals surface area contributed by atoms with Crippen LogP contribution in [-0.4, -0.2) is 68.1 Å². The van der Waals surface area contributed by atoms with Gasteiger partial charge in [0.2, 0.25) is 0 Å². The molecule has 2 N–H and O–H groups in total. The summed E-state index contributed by atoms with van der Waals surface area (Å²) >= 11 is 0. The van der Waals surface area contributed by atoms with Gasteiger partial charge in [0, 0.05) is 19.6 Å². The molecular formula is C10H18N2O5. The lowest BCUT2D eigenvalue weighted by Gasteiger charge is -2.27. The van der Waals surface area contributed by atoms with Crippen molar-refractivity contribution in [1.82, 2.24) is 10.2 Å². The lowest BCUT2D eigenvalue weighted by Crippen LogP contribution is -2.44. The summed E-state index contributed by atoms with van der Waals surface area (Å²) in [4.78, 5) is 24.0. The molecule has 98 valence electrons. The number of hydrogen-bond donors (Lipinski definition) is 2. The zero-order valence-electron chi connectivity index (χ0n) is 9.85. The van der Waals surface area contributed by atoms with Crippen LogP contribution < -0.4 is 5.32 Å². The molecule has 1 amide bonds. The molecule has 0 saturated carbocycles. The normalized spacial score (nSPS) is 18.4. The van der Waals surface area contributed by atoms with Crippen molar-refractivity contribution in [1.29, 1.82) is 0 Å². The third-order valence-corrected chi connectivity index (χ3v) is 2.61. The fourth-order valence-corrected chi connectivity index (χ4v) is 1.60. The Labute approximate surface area is 99.7 Å². The van der Waals surface area contributed by atoms with E-state index in [-0.39, 0.29) is 0 Å². The van der Waals surface area contributed by atoms with Crippen LogP contribution in [-0.2, 0) is 14.3 Å². The fourth-order valence-electron chi connectivity index (χ4n) is 1.60. The number of alkyl carbamates (subject to hydrolysis) is 1. The Hall–Kier alpha value is -1.34. The smallest absolute Gasteiger partial charge is 0.407 e. The fraction of sp³-hybridized carbons (Fsp3) is 0.800. The highest BCUT2D eigenvalue weighted by molar-refractivity contribution is 5.79. The third-order valence-electron chi connectivity index (χ3n) is 2.61. The van der Waals surface area contributed by atoms with E-state index in [0.717, 1.165) is 13.1 Å². The lowest BCUT2D eigenvalue weighted by molar-refractivity contribution is -0.139. The molecule has 0 bridgehead atoms. The SMILES string of the molecule is COC(=O)N[C@@H](CCN1CCOCC1)C(=O)O.